The van der Waals surface area contributed by atoms with Gasteiger partial charge in [0.1, 0.15) is 6.54 Å². The Hall–Kier alpha value is -1.73. The first-order valence-corrected chi connectivity index (χ1v) is 6.43. The molecule has 104 valence electrons. The van der Waals surface area contributed by atoms with E-state index in [9.17, 15) is 4.79 Å². The van der Waals surface area contributed by atoms with Crippen molar-refractivity contribution in [1.29, 1.82) is 0 Å². The minimum absolute atomic E-state index is 0.0757. The standard InChI is InChI=1S/C12H20N6O/c1-2-3-16-4-6-17(7-5-16)12(19)10-18-9-11(8-13)14-15-18/h2,9H,1,3-8,10,13H2. The van der Waals surface area contributed by atoms with E-state index in [-0.39, 0.29) is 12.5 Å². The lowest BCUT2D eigenvalue weighted by molar-refractivity contribution is -0.133. The average molecular weight is 264 g/mol. The van der Waals surface area contributed by atoms with Gasteiger partial charge in [0.15, 0.2) is 0 Å². The highest BCUT2D eigenvalue weighted by Crippen LogP contribution is 2.03. The summed E-state index contributed by atoms with van der Waals surface area (Å²) < 4.78 is 1.54. The molecule has 1 fully saturated rings. The molecule has 0 aromatic carbocycles. The van der Waals surface area contributed by atoms with Gasteiger partial charge in [0, 0.05) is 39.3 Å². The summed E-state index contributed by atoms with van der Waals surface area (Å²) in [4.78, 5) is 16.2. The first kappa shape index (κ1) is 13.7. The maximum absolute atomic E-state index is 12.1. The van der Waals surface area contributed by atoms with Gasteiger partial charge < -0.3 is 10.6 Å². The molecule has 7 nitrogen and oxygen atoms in total. The molecule has 0 radical (unpaired) electrons. The van der Waals surface area contributed by atoms with E-state index in [1.807, 2.05) is 11.0 Å². The van der Waals surface area contributed by atoms with Crippen LogP contribution in [0.1, 0.15) is 5.69 Å². The van der Waals surface area contributed by atoms with Crippen molar-refractivity contribution < 1.29 is 4.79 Å². The van der Waals surface area contributed by atoms with E-state index in [1.54, 1.807) is 10.9 Å². The Labute approximate surface area is 112 Å². The lowest BCUT2D eigenvalue weighted by atomic mass is 10.3. The third-order valence-corrected chi connectivity index (χ3v) is 3.20. The van der Waals surface area contributed by atoms with Crippen molar-refractivity contribution in [2.45, 2.75) is 13.1 Å². The summed E-state index contributed by atoms with van der Waals surface area (Å²) in [5.41, 5.74) is 6.15. The van der Waals surface area contributed by atoms with Crippen LogP contribution in [-0.2, 0) is 17.9 Å². The Kier molecular flexibility index (Phi) is 4.64. The van der Waals surface area contributed by atoms with Crippen molar-refractivity contribution in [2.24, 2.45) is 5.73 Å². The molecule has 2 rings (SSSR count). The number of aromatic nitrogens is 3. The van der Waals surface area contributed by atoms with Gasteiger partial charge >= 0.3 is 0 Å². The van der Waals surface area contributed by atoms with Crippen LogP contribution in [0.4, 0.5) is 0 Å². The SMILES string of the molecule is C=CCN1CCN(C(=O)Cn2cc(CN)nn2)CC1. The van der Waals surface area contributed by atoms with Crippen molar-refractivity contribution in [3.8, 4) is 0 Å². The van der Waals surface area contributed by atoms with E-state index in [0.29, 0.717) is 12.2 Å². The minimum atomic E-state index is 0.0757. The van der Waals surface area contributed by atoms with E-state index in [2.05, 4.69) is 21.8 Å². The van der Waals surface area contributed by atoms with E-state index in [0.717, 1.165) is 32.7 Å². The van der Waals surface area contributed by atoms with Crippen LogP contribution in [0.25, 0.3) is 0 Å². The van der Waals surface area contributed by atoms with Crippen LogP contribution in [0.15, 0.2) is 18.9 Å². The Balaban J connectivity index is 1.82. The molecule has 2 heterocycles. The summed E-state index contributed by atoms with van der Waals surface area (Å²) in [5, 5.41) is 7.75. The van der Waals surface area contributed by atoms with Gasteiger partial charge in [0.05, 0.1) is 11.9 Å². The van der Waals surface area contributed by atoms with Gasteiger partial charge in [-0.3, -0.25) is 9.69 Å². The number of nitrogens with two attached hydrogens (primary N) is 1. The second kappa shape index (κ2) is 6.44. The monoisotopic (exact) mass is 264 g/mol. The van der Waals surface area contributed by atoms with Crippen LogP contribution >= 0.6 is 0 Å². The molecule has 0 unspecified atom stereocenters. The van der Waals surface area contributed by atoms with E-state index in [1.165, 1.54) is 0 Å². The van der Waals surface area contributed by atoms with Gasteiger partial charge in [0.25, 0.3) is 0 Å². The Morgan fingerprint density at radius 1 is 1.42 bits per heavy atom. The quantitative estimate of drug-likeness (QED) is 0.695. The van der Waals surface area contributed by atoms with Crippen LogP contribution in [0.5, 0.6) is 0 Å². The fourth-order valence-corrected chi connectivity index (χ4v) is 2.11. The molecule has 1 aromatic heterocycles. The van der Waals surface area contributed by atoms with Gasteiger partial charge in [0.2, 0.25) is 5.91 Å². The fourth-order valence-electron chi connectivity index (χ4n) is 2.11. The van der Waals surface area contributed by atoms with Crippen LogP contribution in [-0.4, -0.2) is 63.4 Å². The highest BCUT2D eigenvalue weighted by Gasteiger charge is 2.20. The molecule has 0 bridgehead atoms. The molecule has 1 aromatic rings. The zero-order valence-electron chi connectivity index (χ0n) is 11.0. The Morgan fingerprint density at radius 3 is 2.74 bits per heavy atom. The normalized spacial score (nSPS) is 16.6. The predicted molar refractivity (Wildman–Crippen MR) is 71.1 cm³/mol. The first-order chi connectivity index (χ1) is 9.22. The molecule has 1 amide bonds. The smallest absolute Gasteiger partial charge is 0.244 e. The van der Waals surface area contributed by atoms with Crippen LogP contribution < -0.4 is 5.73 Å². The summed E-state index contributed by atoms with van der Waals surface area (Å²) in [6.45, 7) is 8.47. The van der Waals surface area contributed by atoms with Gasteiger partial charge in [-0.25, -0.2) is 4.68 Å². The van der Waals surface area contributed by atoms with Crippen molar-refractivity contribution in [2.75, 3.05) is 32.7 Å². The molecule has 0 aliphatic carbocycles. The molecule has 19 heavy (non-hydrogen) atoms. The molecular formula is C12H20N6O. The zero-order chi connectivity index (χ0) is 13.7. The van der Waals surface area contributed by atoms with Gasteiger partial charge in [-0.15, -0.1) is 11.7 Å². The summed E-state index contributed by atoms with van der Waals surface area (Å²) >= 11 is 0. The second-order valence-electron chi connectivity index (χ2n) is 4.58. The highest BCUT2D eigenvalue weighted by atomic mass is 16.2. The van der Waals surface area contributed by atoms with E-state index in [4.69, 9.17) is 5.73 Å². The van der Waals surface area contributed by atoms with Crippen LogP contribution in [0.3, 0.4) is 0 Å². The van der Waals surface area contributed by atoms with Crippen molar-refractivity contribution >= 4 is 5.91 Å². The summed E-state index contributed by atoms with van der Waals surface area (Å²) in [7, 11) is 0. The summed E-state index contributed by atoms with van der Waals surface area (Å²) in [5.74, 6) is 0.0757. The summed E-state index contributed by atoms with van der Waals surface area (Å²) in [6, 6.07) is 0. The number of carbonyl (C=O) groups excluding carboxylic acids is 1. The number of hydrogen-bond donors (Lipinski definition) is 1. The van der Waals surface area contributed by atoms with Gasteiger partial charge in [-0.2, -0.15) is 0 Å². The van der Waals surface area contributed by atoms with E-state index < -0.39 is 0 Å². The number of amides is 1. The number of carbonyl (C=O) groups is 1. The van der Waals surface area contributed by atoms with Crippen molar-refractivity contribution in [3.63, 3.8) is 0 Å². The maximum Gasteiger partial charge on any atom is 0.244 e. The zero-order valence-corrected chi connectivity index (χ0v) is 11.0. The highest BCUT2D eigenvalue weighted by molar-refractivity contribution is 5.76. The number of nitrogens with zero attached hydrogens (tertiary/aromatic N) is 5. The topological polar surface area (TPSA) is 80.3 Å². The largest absolute Gasteiger partial charge is 0.339 e. The summed E-state index contributed by atoms with van der Waals surface area (Å²) in [6.07, 6.45) is 3.60. The van der Waals surface area contributed by atoms with Gasteiger partial charge in [-0.05, 0) is 0 Å². The third-order valence-electron chi connectivity index (χ3n) is 3.20. The Bertz CT molecular complexity index is 435. The maximum atomic E-state index is 12.1. The minimum Gasteiger partial charge on any atom is -0.339 e. The van der Waals surface area contributed by atoms with Crippen molar-refractivity contribution in [3.05, 3.63) is 24.5 Å². The van der Waals surface area contributed by atoms with Crippen LogP contribution in [0.2, 0.25) is 0 Å². The van der Waals surface area contributed by atoms with Crippen molar-refractivity contribution in [1.82, 2.24) is 24.8 Å². The molecular weight excluding hydrogens is 244 g/mol. The average Bonchev–Trinajstić information content (AvgIpc) is 2.87. The number of piperazine rings is 1. The molecule has 7 heteroatoms. The first-order valence-electron chi connectivity index (χ1n) is 6.43. The Morgan fingerprint density at radius 2 is 2.16 bits per heavy atom. The van der Waals surface area contributed by atoms with E-state index >= 15 is 0 Å². The van der Waals surface area contributed by atoms with Crippen LogP contribution in [0, 0.1) is 0 Å². The lowest BCUT2D eigenvalue weighted by Crippen LogP contribution is -2.49. The predicted octanol–water partition coefficient (Wildman–Crippen LogP) is -0.933. The fraction of sp³-hybridized carbons (Fsp3) is 0.583. The molecule has 0 spiro atoms. The third kappa shape index (κ3) is 3.62. The lowest BCUT2D eigenvalue weighted by Gasteiger charge is -2.34. The molecule has 2 N–H and O–H groups in total. The second-order valence-corrected chi connectivity index (χ2v) is 4.58. The molecule has 1 saturated heterocycles. The molecule has 0 saturated carbocycles. The molecule has 1 aliphatic rings. The number of hydrogen-bond acceptors (Lipinski definition) is 5. The molecule has 1 aliphatic heterocycles. The van der Waals surface area contributed by atoms with Gasteiger partial charge in [-0.1, -0.05) is 11.3 Å². The number of rotatable bonds is 5. The molecule has 0 atom stereocenters.